The number of sulfone groups is 1. The van der Waals surface area contributed by atoms with Crippen LogP contribution in [0.5, 0.6) is 0 Å². The zero-order chi connectivity index (χ0) is 10.8. The minimum atomic E-state index is -3.35. The van der Waals surface area contributed by atoms with E-state index in [-0.39, 0.29) is 5.91 Å². The predicted octanol–water partition coefficient (Wildman–Crippen LogP) is -1.10. The first-order valence-electron chi connectivity index (χ1n) is 4.56. The molecule has 0 bridgehead atoms. The van der Waals surface area contributed by atoms with Crippen LogP contribution in [0.2, 0.25) is 0 Å². The summed E-state index contributed by atoms with van der Waals surface area (Å²) in [5, 5.41) is 5.48. The summed E-state index contributed by atoms with van der Waals surface area (Å²) in [6.45, 7) is 1.14. The fraction of sp³-hybridized carbons (Fsp3) is 0.875. The zero-order valence-corrected chi connectivity index (χ0v) is 9.28. The summed E-state index contributed by atoms with van der Waals surface area (Å²) in [6, 6.07) is 0. The number of carbonyl (C=O) groups excluding carboxylic acids is 1. The molecule has 0 atom stereocenters. The third-order valence-corrected chi connectivity index (χ3v) is 4.78. The van der Waals surface area contributed by atoms with Gasteiger partial charge in [0.15, 0.2) is 14.6 Å². The number of amides is 1. The number of nitrogens with one attached hydrogen (secondary N) is 2. The van der Waals surface area contributed by atoms with Crippen molar-refractivity contribution in [3.63, 3.8) is 0 Å². The summed E-state index contributed by atoms with van der Waals surface area (Å²) in [5.74, 6) is -0.387. The summed E-state index contributed by atoms with van der Waals surface area (Å²) in [5.41, 5.74) is 0. The minimum absolute atomic E-state index is 0.353. The minimum Gasteiger partial charge on any atom is -0.358 e. The van der Waals surface area contributed by atoms with Crippen molar-refractivity contribution in [2.75, 3.05) is 26.4 Å². The Morgan fingerprint density at radius 2 is 1.86 bits per heavy atom. The summed E-state index contributed by atoms with van der Waals surface area (Å²) in [6.07, 6.45) is 1.84. The lowest BCUT2D eigenvalue weighted by molar-refractivity contribution is -0.123. The van der Waals surface area contributed by atoms with Crippen LogP contribution in [0.4, 0.5) is 0 Å². The van der Waals surface area contributed by atoms with Gasteiger partial charge in [-0.2, -0.15) is 0 Å². The second-order valence-corrected chi connectivity index (χ2v) is 5.92. The maximum Gasteiger partial charge on any atom is 0.241 e. The van der Waals surface area contributed by atoms with Gasteiger partial charge in [-0.3, -0.25) is 4.79 Å². The summed E-state index contributed by atoms with van der Waals surface area (Å²) in [4.78, 5) is 11.6. The van der Waals surface area contributed by atoms with Crippen molar-refractivity contribution >= 4 is 15.7 Å². The number of piperidine rings is 1. The Kier molecular flexibility index (Phi) is 3.16. The van der Waals surface area contributed by atoms with Crippen molar-refractivity contribution in [3.05, 3.63) is 0 Å². The van der Waals surface area contributed by atoms with Crippen LogP contribution in [-0.4, -0.2) is 45.5 Å². The van der Waals surface area contributed by atoms with Gasteiger partial charge >= 0.3 is 0 Å². The van der Waals surface area contributed by atoms with Crippen LogP contribution < -0.4 is 10.6 Å². The largest absolute Gasteiger partial charge is 0.358 e. The van der Waals surface area contributed by atoms with Crippen molar-refractivity contribution in [2.24, 2.45) is 0 Å². The van der Waals surface area contributed by atoms with Gasteiger partial charge in [-0.25, -0.2) is 8.42 Å². The van der Waals surface area contributed by atoms with E-state index < -0.39 is 14.6 Å². The summed E-state index contributed by atoms with van der Waals surface area (Å²) >= 11 is 0. The molecule has 14 heavy (non-hydrogen) atoms. The standard InChI is InChI=1S/C8H16N2O3S/c1-9-7(11)8(14(2,12)13)3-5-10-6-4-8/h10H,3-6H2,1-2H3,(H,9,11). The highest BCUT2D eigenvalue weighted by Crippen LogP contribution is 2.27. The quantitative estimate of drug-likeness (QED) is 0.619. The van der Waals surface area contributed by atoms with Crippen molar-refractivity contribution < 1.29 is 13.2 Å². The highest BCUT2D eigenvalue weighted by Gasteiger charge is 2.47. The van der Waals surface area contributed by atoms with E-state index in [1.807, 2.05) is 0 Å². The van der Waals surface area contributed by atoms with Gasteiger partial charge in [-0.1, -0.05) is 0 Å². The smallest absolute Gasteiger partial charge is 0.241 e. The number of rotatable bonds is 2. The van der Waals surface area contributed by atoms with E-state index in [2.05, 4.69) is 10.6 Å². The first-order valence-corrected chi connectivity index (χ1v) is 6.46. The van der Waals surface area contributed by atoms with Gasteiger partial charge < -0.3 is 10.6 Å². The molecule has 0 radical (unpaired) electrons. The molecule has 0 saturated carbocycles. The summed E-state index contributed by atoms with van der Waals surface area (Å²) < 4.78 is 22.0. The molecule has 0 unspecified atom stereocenters. The first-order chi connectivity index (χ1) is 6.44. The molecule has 1 heterocycles. The molecule has 0 aromatic rings. The van der Waals surface area contributed by atoms with Crippen molar-refractivity contribution in [1.29, 1.82) is 0 Å². The molecular formula is C8H16N2O3S. The molecule has 1 saturated heterocycles. The molecule has 0 aromatic heterocycles. The Hall–Kier alpha value is -0.620. The maximum absolute atomic E-state index is 11.6. The average molecular weight is 220 g/mol. The Labute approximate surface area is 84.2 Å². The van der Waals surface area contributed by atoms with Crippen LogP contribution in [0.15, 0.2) is 0 Å². The average Bonchev–Trinajstić information content (AvgIpc) is 2.16. The normalized spacial score (nSPS) is 21.6. The number of hydrogen-bond donors (Lipinski definition) is 2. The fourth-order valence-corrected chi connectivity index (χ4v) is 3.21. The lowest BCUT2D eigenvalue weighted by atomic mass is 9.96. The van der Waals surface area contributed by atoms with E-state index in [1.165, 1.54) is 7.05 Å². The number of hydrogen-bond acceptors (Lipinski definition) is 4. The van der Waals surface area contributed by atoms with E-state index >= 15 is 0 Å². The van der Waals surface area contributed by atoms with E-state index in [0.717, 1.165) is 6.26 Å². The van der Waals surface area contributed by atoms with E-state index in [9.17, 15) is 13.2 Å². The monoisotopic (exact) mass is 220 g/mol. The van der Waals surface area contributed by atoms with Gasteiger partial charge in [-0.15, -0.1) is 0 Å². The Balaban J connectivity index is 3.07. The molecule has 1 fully saturated rings. The highest BCUT2D eigenvalue weighted by molar-refractivity contribution is 7.92. The molecule has 1 rings (SSSR count). The third kappa shape index (κ3) is 1.76. The second kappa shape index (κ2) is 3.86. The highest BCUT2D eigenvalue weighted by atomic mass is 32.2. The molecule has 0 aromatic carbocycles. The number of carbonyl (C=O) groups is 1. The first kappa shape index (κ1) is 11.5. The molecule has 1 amide bonds. The van der Waals surface area contributed by atoms with E-state index in [1.54, 1.807) is 0 Å². The van der Waals surface area contributed by atoms with Crippen LogP contribution in [0, 0.1) is 0 Å². The van der Waals surface area contributed by atoms with Crippen molar-refractivity contribution in [1.82, 2.24) is 10.6 Å². The zero-order valence-electron chi connectivity index (χ0n) is 8.46. The van der Waals surface area contributed by atoms with Gasteiger partial charge in [-0.05, 0) is 25.9 Å². The van der Waals surface area contributed by atoms with Crippen LogP contribution in [0.25, 0.3) is 0 Å². The lowest BCUT2D eigenvalue weighted by Gasteiger charge is -2.33. The molecule has 5 nitrogen and oxygen atoms in total. The third-order valence-electron chi connectivity index (χ3n) is 2.76. The Morgan fingerprint density at radius 1 is 1.36 bits per heavy atom. The predicted molar refractivity (Wildman–Crippen MR) is 53.7 cm³/mol. The fourth-order valence-electron chi connectivity index (χ4n) is 1.82. The molecular weight excluding hydrogens is 204 g/mol. The molecule has 6 heteroatoms. The van der Waals surface area contributed by atoms with E-state index in [0.29, 0.717) is 25.9 Å². The molecule has 1 aliphatic heterocycles. The van der Waals surface area contributed by atoms with Crippen LogP contribution in [0.1, 0.15) is 12.8 Å². The van der Waals surface area contributed by atoms with Gasteiger partial charge in [0.2, 0.25) is 5.91 Å². The molecule has 0 aliphatic carbocycles. The summed E-state index contributed by atoms with van der Waals surface area (Å²) in [7, 11) is -1.88. The van der Waals surface area contributed by atoms with E-state index in [4.69, 9.17) is 0 Å². The molecule has 82 valence electrons. The van der Waals surface area contributed by atoms with Gasteiger partial charge in [0, 0.05) is 13.3 Å². The SMILES string of the molecule is CNC(=O)C1(S(C)(=O)=O)CCNCC1. The maximum atomic E-state index is 11.6. The van der Waals surface area contributed by atoms with Crippen LogP contribution in [-0.2, 0) is 14.6 Å². The molecule has 0 spiro atoms. The Bertz CT molecular complexity index is 317. The molecule has 2 N–H and O–H groups in total. The van der Waals surface area contributed by atoms with Crippen molar-refractivity contribution in [2.45, 2.75) is 17.6 Å². The topological polar surface area (TPSA) is 75.3 Å². The van der Waals surface area contributed by atoms with Gasteiger partial charge in [0.05, 0.1) is 0 Å². The lowest BCUT2D eigenvalue weighted by Crippen LogP contribution is -2.56. The van der Waals surface area contributed by atoms with Crippen LogP contribution >= 0.6 is 0 Å². The second-order valence-electron chi connectivity index (χ2n) is 3.60. The van der Waals surface area contributed by atoms with Gasteiger partial charge in [0.25, 0.3) is 0 Å². The Morgan fingerprint density at radius 3 is 2.21 bits per heavy atom. The van der Waals surface area contributed by atoms with Crippen LogP contribution in [0.3, 0.4) is 0 Å². The van der Waals surface area contributed by atoms with Crippen molar-refractivity contribution in [3.8, 4) is 0 Å². The van der Waals surface area contributed by atoms with Gasteiger partial charge in [0.1, 0.15) is 0 Å². The molecule has 1 aliphatic rings.